The van der Waals surface area contributed by atoms with Gasteiger partial charge in [-0.3, -0.25) is 0 Å². The van der Waals surface area contributed by atoms with E-state index >= 15 is 0 Å². The van der Waals surface area contributed by atoms with Gasteiger partial charge in [0.25, 0.3) is 0 Å². The maximum Gasteiger partial charge on any atom is 0.109 e. The maximum absolute atomic E-state index is 5.93. The molecule has 23 heavy (non-hydrogen) atoms. The lowest BCUT2D eigenvalue weighted by molar-refractivity contribution is 0.711. The van der Waals surface area contributed by atoms with Gasteiger partial charge in [0, 0.05) is 36.9 Å². The molecule has 118 valence electrons. The summed E-state index contributed by atoms with van der Waals surface area (Å²) in [7, 11) is 0. The predicted molar refractivity (Wildman–Crippen MR) is 94.5 cm³/mol. The van der Waals surface area contributed by atoms with E-state index in [4.69, 9.17) is 17.3 Å². The Kier molecular flexibility index (Phi) is 5.11. The van der Waals surface area contributed by atoms with Crippen molar-refractivity contribution in [1.29, 1.82) is 0 Å². The molecule has 1 aromatic heterocycles. The summed E-state index contributed by atoms with van der Waals surface area (Å²) in [5, 5.41) is 0.773. The second-order valence-electron chi connectivity index (χ2n) is 5.62. The van der Waals surface area contributed by atoms with Crippen LogP contribution in [0.2, 0.25) is 5.02 Å². The van der Waals surface area contributed by atoms with Crippen LogP contribution < -0.4 is 5.73 Å². The van der Waals surface area contributed by atoms with E-state index in [2.05, 4.69) is 45.9 Å². The summed E-state index contributed by atoms with van der Waals surface area (Å²) in [6.45, 7) is 1.39. The molecule has 2 aromatic carbocycles. The van der Waals surface area contributed by atoms with Gasteiger partial charge in [0.2, 0.25) is 0 Å². The van der Waals surface area contributed by atoms with Crippen LogP contribution in [0.15, 0.2) is 60.9 Å². The highest BCUT2D eigenvalue weighted by Gasteiger charge is 2.05. The summed E-state index contributed by atoms with van der Waals surface area (Å²) in [6.07, 6.45) is 5.76. The van der Waals surface area contributed by atoms with Crippen molar-refractivity contribution >= 4 is 11.6 Å². The zero-order valence-electron chi connectivity index (χ0n) is 13.0. The summed E-state index contributed by atoms with van der Waals surface area (Å²) in [4.78, 5) is 4.50. The number of hydrogen-bond acceptors (Lipinski definition) is 2. The van der Waals surface area contributed by atoms with Gasteiger partial charge in [0.1, 0.15) is 5.82 Å². The Morgan fingerprint density at radius 3 is 2.52 bits per heavy atom. The van der Waals surface area contributed by atoms with Gasteiger partial charge in [-0.05, 0) is 35.2 Å². The van der Waals surface area contributed by atoms with E-state index in [9.17, 15) is 0 Å². The van der Waals surface area contributed by atoms with Crippen LogP contribution in [0.1, 0.15) is 22.5 Å². The Morgan fingerprint density at radius 1 is 0.957 bits per heavy atom. The fourth-order valence-corrected chi connectivity index (χ4v) is 2.80. The highest BCUT2D eigenvalue weighted by Crippen LogP contribution is 2.13. The molecule has 0 bridgehead atoms. The Bertz CT molecular complexity index is 762. The quantitative estimate of drug-likeness (QED) is 0.748. The fraction of sp³-hybridized carbons (Fsp3) is 0.211. The van der Waals surface area contributed by atoms with E-state index in [1.54, 1.807) is 0 Å². The van der Waals surface area contributed by atoms with E-state index in [0.717, 1.165) is 35.8 Å². The molecule has 0 spiro atoms. The van der Waals surface area contributed by atoms with Crippen molar-refractivity contribution in [2.45, 2.75) is 25.9 Å². The molecule has 0 aliphatic heterocycles. The van der Waals surface area contributed by atoms with E-state index in [0.29, 0.717) is 6.54 Å². The average Bonchev–Trinajstić information content (AvgIpc) is 3.01. The van der Waals surface area contributed by atoms with Crippen LogP contribution in [0.3, 0.4) is 0 Å². The van der Waals surface area contributed by atoms with Gasteiger partial charge in [-0.2, -0.15) is 0 Å². The molecule has 0 fully saturated rings. The lowest BCUT2D eigenvalue weighted by Gasteiger charge is -2.09. The molecule has 0 saturated heterocycles. The first-order valence-corrected chi connectivity index (χ1v) is 8.15. The van der Waals surface area contributed by atoms with Crippen molar-refractivity contribution in [3.63, 3.8) is 0 Å². The third-order valence-corrected chi connectivity index (χ3v) is 4.18. The van der Waals surface area contributed by atoms with Gasteiger partial charge in [0.05, 0.1) is 0 Å². The number of aromatic nitrogens is 2. The Balaban J connectivity index is 1.68. The van der Waals surface area contributed by atoms with Gasteiger partial charge in [-0.15, -0.1) is 0 Å². The molecule has 0 radical (unpaired) electrons. The number of halogens is 1. The Hall–Kier alpha value is -2.10. The lowest BCUT2D eigenvalue weighted by Crippen LogP contribution is -2.06. The Morgan fingerprint density at radius 2 is 1.74 bits per heavy atom. The third kappa shape index (κ3) is 4.21. The monoisotopic (exact) mass is 325 g/mol. The summed E-state index contributed by atoms with van der Waals surface area (Å²) in [5.74, 6) is 1.10. The number of hydrogen-bond donors (Lipinski definition) is 1. The van der Waals surface area contributed by atoms with Gasteiger partial charge < -0.3 is 10.3 Å². The molecule has 0 amide bonds. The van der Waals surface area contributed by atoms with Crippen molar-refractivity contribution in [1.82, 2.24) is 9.55 Å². The molecular formula is C19H20ClN3. The molecule has 1 heterocycles. The summed E-state index contributed by atoms with van der Waals surface area (Å²) >= 11 is 5.93. The third-order valence-electron chi connectivity index (χ3n) is 3.93. The van der Waals surface area contributed by atoms with Crippen molar-refractivity contribution in [3.8, 4) is 0 Å². The second-order valence-corrected chi connectivity index (χ2v) is 6.06. The molecule has 0 aliphatic rings. The van der Waals surface area contributed by atoms with Gasteiger partial charge in [-0.1, -0.05) is 48.0 Å². The van der Waals surface area contributed by atoms with Crippen molar-refractivity contribution in [2.24, 2.45) is 5.73 Å². The zero-order valence-corrected chi connectivity index (χ0v) is 13.7. The minimum absolute atomic E-state index is 0.571. The normalized spacial score (nSPS) is 10.9. The maximum atomic E-state index is 5.93. The largest absolute Gasteiger partial charge is 0.331 e. The first-order chi connectivity index (χ1) is 11.2. The van der Waals surface area contributed by atoms with E-state index < -0.39 is 0 Å². The van der Waals surface area contributed by atoms with Crippen LogP contribution in [-0.4, -0.2) is 9.55 Å². The van der Waals surface area contributed by atoms with E-state index in [-0.39, 0.29) is 0 Å². The number of aryl methyl sites for hydroxylation is 2. The number of nitrogens with two attached hydrogens (primary N) is 1. The number of imidazole rings is 1. The summed E-state index contributed by atoms with van der Waals surface area (Å²) < 4.78 is 2.20. The van der Waals surface area contributed by atoms with E-state index in [1.165, 1.54) is 11.1 Å². The molecule has 4 heteroatoms. The first kappa shape index (κ1) is 15.8. The molecular weight excluding hydrogens is 306 g/mol. The second kappa shape index (κ2) is 7.44. The highest BCUT2D eigenvalue weighted by atomic mass is 35.5. The van der Waals surface area contributed by atoms with Crippen LogP contribution in [0.4, 0.5) is 0 Å². The standard InChI is InChI=1S/C19H20ClN3/c20-18-7-4-15(5-8-18)6-9-19-22-10-11-23(19)14-17-3-1-2-16(12-17)13-21/h1-5,7-8,10-12H,6,9,13-14,21H2. The summed E-state index contributed by atoms with van der Waals surface area (Å²) in [6, 6.07) is 16.4. The van der Waals surface area contributed by atoms with Crippen LogP contribution in [0.5, 0.6) is 0 Å². The topological polar surface area (TPSA) is 43.8 Å². The SMILES string of the molecule is NCc1cccc(Cn2ccnc2CCc2ccc(Cl)cc2)c1. The fourth-order valence-electron chi connectivity index (χ4n) is 2.67. The van der Waals surface area contributed by atoms with Gasteiger partial charge in [-0.25, -0.2) is 4.98 Å². The molecule has 3 nitrogen and oxygen atoms in total. The van der Waals surface area contributed by atoms with Gasteiger partial charge in [0.15, 0.2) is 0 Å². The molecule has 0 aliphatic carbocycles. The molecule has 0 saturated carbocycles. The van der Waals surface area contributed by atoms with Crippen LogP contribution in [0, 0.1) is 0 Å². The number of rotatable bonds is 6. The number of benzene rings is 2. The smallest absolute Gasteiger partial charge is 0.109 e. The van der Waals surface area contributed by atoms with Crippen LogP contribution in [0.25, 0.3) is 0 Å². The molecule has 3 rings (SSSR count). The Labute approximate surface area is 141 Å². The van der Waals surface area contributed by atoms with Gasteiger partial charge >= 0.3 is 0 Å². The predicted octanol–water partition coefficient (Wildman–Crippen LogP) is 3.83. The molecule has 2 N–H and O–H groups in total. The van der Waals surface area contributed by atoms with Crippen LogP contribution in [-0.2, 0) is 25.9 Å². The van der Waals surface area contributed by atoms with E-state index in [1.807, 2.05) is 24.5 Å². The van der Waals surface area contributed by atoms with Crippen molar-refractivity contribution < 1.29 is 0 Å². The highest BCUT2D eigenvalue weighted by molar-refractivity contribution is 6.30. The minimum atomic E-state index is 0.571. The molecule has 0 unspecified atom stereocenters. The molecule has 0 atom stereocenters. The van der Waals surface area contributed by atoms with Crippen LogP contribution >= 0.6 is 11.6 Å². The van der Waals surface area contributed by atoms with Crippen molar-refractivity contribution in [2.75, 3.05) is 0 Å². The number of nitrogens with zero attached hydrogens (tertiary/aromatic N) is 2. The minimum Gasteiger partial charge on any atom is -0.331 e. The lowest BCUT2D eigenvalue weighted by atomic mass is 10.1. The first-order valence-electron chi connectivity index (χ1n) is 7.77. The zero-order chi connectivity index (χ0) is 16.1. The molecule has 3 aromatic rings. The van der Waals surface area contributed by atoms with Crippen molar-refractivity contribution in [3.05, 3.63) is 88.5 Å². The average molecular weight is 326 g/mol. The summed E-state index contributed by atoms with van der Waals surface area (Å²) in [5.41, 5.74) is 9.39.